The lowest BCUT2D eigenvalue weighted by molar-refractivity contribution is -0.127. The quantitative estimate of drug-likeness (QED) is 0.656. The van der Waals surface area contributed by atoms with Crippen molar-refractivity contribution in [1.82, 2.24) is 15.8 Å². The maximum Gasteiger partial charge on any atom is 0.407 e. The fraction of sp³-hybridized carbons (Fsp3) is 0.750. The van der Waals surface area contributed by atoms with Crippen LogP contribution in [0, 0.1) is 5.92 Å². The minimum atomic E-state index is -0.854. The molecule has 19 heavy (non-hydrogen) atoms. The molecule has 0 atom stereocenters. The molecule has 0 aromatic rings. The molecule has 1 aliphatic rings. The van der Waals surface area contributed by atoms with Crippen LogP contribution in [-0.4, -0.2) is 41.0 Å². The van der Waals surface area contributed by atoms with E-state index in [9.17, 15) is 14.4 Å². The molecule has 3 amide bonds. The predicted molar refractivity (Wildman–Crippen MR) is 68.1 cm³/mol. The summed E-state index contributed by atoms with van der Waals surface area (Å²) < 4.78 is 0. The van der Waals surface area contributed by atoms with E-state index in [4.69, 9.17) is 5.11 Å². The first kappa shape index (κ1) is 15.3. The van der Waals surface area contributed by atoms with E-state index in [0.29, 0.717) is 25.4 Å². The van der Waals surface area contributed by atoms with Crippen LogP contribution >= 0.6 is 0 Å². The van der Waals surface area contributed by atoms with Gasteiger partial charge in [0.15, 0.2) is 0 Å². The van der Waals surface area contributed by atoms with Crippen LogP contribution in [0.3, 0.4) is 0 Å². The normalized spacial score (nSPS) is 15.9. The Bertz CT molecular complexity index is 338. The first-order valence-corrected chi connectivity index (χ1v) is 6.52. The smallest absolute Gasteiger partial charge is 0.407 e. The van der Waals surface area contributed by atoms with E-state index in [2.05, 4.69) is 10.9 Å². The van der Waals surface area contributed by atoms with Crippen LogP contribution in [0.5, 0.6) is 0 Å². The molecule has 108 valence electrons. The number of nitrogens with one attached hydrogen (secondary N) is 2. The SMILES string of the molecule is CC(=O)NNC(=O)CCCC1CCN(C(=O)O)CC1. The maximum absolute atomic E-state index is 11.3. The Labute approximate surface area is 112 Å². The van der Waals surface area contributed by atoms with Gasteiger partial charge in [-0.15, -0.1) is 0 Å². The lowest BCUT2D eigenvalue weighted by Crippen LogP contribution is -2.40. The minimum Gasteiger partial charge on any atom is -0.465 e. The summed E-state index contributed by atoms with van der Waals surface area (Å²) in [5, 5.41) is 8.82. The summed E-state index contributed by atoms with van der Waals surface area (Å²) in [6.45, 7) is 2.49. The highest BCUT2D eigenvalue weighted by Gasteiger charge is 2.21. The fourth-order valence-electron chi connectivity index (χ4n) is 2.18. The number of carboxylic acid groups (broad SMARTS) is 1. The topological polar surface area (TPSA) is 98.7 Å². The van der Waals surface area contributed by atoms with E-state index in [1.54, 1.807) is 0 Å². The number of rotatable bonds is 4. The second kappa shape index (κ2) is 7.60. The van der Waals surface area contributed by atoms with E-state index in [-0.39, 0.29) is 11.8 Å². The monoisotopic (exact) mass is 271 g/mol. The molecule has 0 spiro atoms. The molecular formula is C12H21N3O4. The number of hydrazine groups is 1. The standard InChI is InChI=1S/C12H21N3O4/c1-9(16)13-14-11(17)4-2-3-10-5-7-15(8-6-10)12(18)19/h10H,2-8H2,1H3,(H,13,16)(H,14,17)(H,18,19). The number of carbonyl (C=O) groups is 3. The summed E-state index contributed by atoms with van der Waals surface area (Å²) in [6.07, 6.45) is 2.91. The Morgan fingerprint density at radius 1 is 1.21 bits per heavy atom. The van der Waals surface area contributed by atoms with Crippen LogP contribution in [0.25, 0.3) is 0 Å². The van der Waals surface area contributed by atoms with Gasteiger partial charge in [0.05, 0.1) is 0 Å². The van der Waals surface area contributed by atoms with Crippen molar-refractivity contribution in [3.8, 4) is 0 Å². The summed E-state index contributed by atoms with van der Waals surface area (Å²) in [6, 6.07) is 0. The third kappa shape index (κ3) is 6.08. The number of hydrogen-bond acceptors (Lipinski definition) is 3. The van der Waals surface area contributed by atoms with Crippen molar-refractivity contribution in [2.24, 2.45) is 5.92 Å². The minimum absolute atomic E-state index is 0.196. The Kier molecular flexibility index (Phi) is 6.11. The zero-order valence-corrected chi connectivity index (χ0v) is 11.1. The molecule has 3 N–H and O–H groups in total. The highest BCUT2D eigenvalue weighted by Crippen LogP contribution is 2.22. The molecule has 1 rings (SSSR count). The molecule has 0 bridgehead atoms. The van der Waals surface area contributed by atoms with E-state index < -0.39 is 6.09 Å². The largest absolute Gasteiger partial charge is 0.465 e. The molecule has 0 radical (unpaired) electrons. The van der Waals surface area contributed by atoms with Gasteiger partial charge in [-0.1, -0.05) is 0 Å². The molecule has 0 aromatic heterocycles. The van der Waals surface area contributed by atoms with Crippen LogP contribution in [0.1, 0.15) is 39.0 Å². The molecule has 0 unspecified atom stereocenters. The van der Waals surface area contributed by atoms with Gasteiger partial charge in [-0.3, -0.25) is 20.4 Å². The second-order valence-electron chi connectivity index (χ2n) is 4.83. The van der Waals surface area contributed by atoms with Crippen LogP contribution < -0.4 is 10.9 Å². The highest BCUT2D eigenvalue weighted by atomic mass is 16.4. The van der Waals surface area contributed by atoms with Gasteiger partial charge in [0.25, 0.3) is 0 Å². The van der Waals surface area contributed by atoms with Crippen LogP contribution in [0.2, 0.25) is 0 Å². The van der Waals surface area contributed by atoms with Crippen LogP contribution in [0.15, 0.2) is 0 Å². The Morgan fingerprint density at radius 3 is 2.37 bits per heavy atom. The molecule has 0 saturated carbocycles. The lowest BCUT2D eigenvalue weighted by atomic mass is 9.92. The fourth-order valence-corrected chi connectivity index (χ4v) is 2.18. The zero-order valence-electron chi connectivity index (χ0n) is 11.1. The third-order valence-electron chi connectivity index (χ3n) is 3.28. The summed E-state index contributed by atoms with van der Waals surface area (Å²) in [5.41, 5.74) is 4.56. The van der Waals surface area contributed by atoms with Gasteiger partial charge < -0.3 is 10.0 Å². The number of amides is 3. The highest BCUT2D eigenvalue weighted by molar-refractivity contribution is 5.80. The molecule has 1 saturated heterocycles. The van der Waals surface area contributed by atoms with E-state index in [1.165, 1.54) is 11.8 Å². The number of carbonyl (C=O) groups excluding carboxylic acids is 2. The second-order valence-corrected chi connectivity index (χ2v) is 4.83. The number of likely N-dealkylation sites (tertiary alicyclic amines) is 1. The van der Waals surface area contributed by atoms with Crippen molar-refractivity contribution >= 4 is 17.9 Å². The van der Waals surface area contributed by atoms with E-state index >= 15 is 0 Å². The molecule has 1 fully saturated rings. The average molecular weight is 271 g/mol. The van der Waals surface area contributed by atoms with E-state index in [1.807, 2.05) is 0 Å². The number of nitrogens with zero attached hydrogens (tertiary/aromatic N) is 1. The summed E-state index contributed by atoms with van der Waals surface area (Å²) in [4.78, 5) is 34.1. The first-order chi connectivity index (χ1) is 8.99. The van der Waals surface area contributed by atoms with Gasteiger partial charge in [-0.2, -0.15) is 0 Å². The third-order valence-corrected chi connectivity index (χ3v) is 3.28. The van der Waals surface area contributed by atoms with Gasteiger partial charge in [0.1, 0.15) is 0 Å². The van der Waals surface area contributed by atoms with Crippen molar-refractivity contribution < 1.29 is 19.5 Å². The van der Waals surface area contributed by atoms with Crippen LogP contribution in [-0.2, 0) is 9.59 Å². The zero-order chi connectivity index (χ0) is 14.3. The molecule has 1 heterocycles. The molecular weight excluding hydrogens is 250 g/mol. The van der Waals surface area contributed by atoms with Gasteiger partial charge >= 0.3 is 6.09 Å². The van der Waals surface area contributed by atoms with Gasteiger partial charge in [0.2, 0.25) is 11.8 Å². The molecule has 0 aliphatic carbocycles. The number of piperidine rings is 1. The predicted octanol–water partition coefficient (Wildman–Crippen LogP) is 0.714. The van der Waals surface area contributed by atoms with Crippen molar-refractivity contribution in [1.29, 1.82) is 0 Å². The summed E-state index contributed by atoms with van der Waals surface area (Å²) in [5.74, 6) is -0.00303. The van der Waals surface area contributed by atoms with Gasteiger partial charge in [-0.25, -0.2) is 4.79 Å². The average Bonchev–Trinajstić information content (AvgIpc) is 2.37. The number of hydrogen-bond donors (Lipinski definition) is 3. The van der Waals surface area contributed by atoms with Gasteiger partial charge in [-0.05, 0) is 31.6 Å². The summed E-state index contributed by atoms with van der Waals surface area (Å²) >= 11 is 0. The van der Waals surface area contributed by atoms with Crippen molar-refractivity contribution in [3.63, 3.8) is 0 Å². The molecule has 7 nitrogen and oxygen atoms in total. The first-order valence-electron chi connectivity index (χ1n) is 6.52. The lowest BCUT2D eigenvalue weighted by Gasteiger charge is -2.29. The van der Waals surface area contributed by atoms with Crippen molar-refractivity contribution in [3.05, 3.63) is 0 Å². The molecule has 1 aliphatic heterocycles. The van der Waals surface area contributed by atoms with Gasteiger partial charge in [0, 0.05) is 26.4 Å². The van der Waals surface area contributed by atoms with Crippen LogP contribution in [0.4, 0.5) is 4.79 Å². The maximum atomic E-state index is 11.3. The molecule has 0 aromatic carbocycles. The van der Waals surface area contributed by atoms with Crippen molar-refractivity contribution in [2.75, 3.05) is 13.1 Å². The molecule has 7 heteroatoms. The summed E-state index contributed by atoms with van der Waals surface area (Å²) in [7, 11) is 0. The van der Waals surface area contributed by atoms with E-state index in [0.717, 1.165) is 25.7 Å². The Balaban J connectivity index is 2.09. The Hall–Kier alpha value is -1.79. The Morgan fingerprint density at radius 2 is 1.84 bits per heavy atom. The van der Waals surface area contributed by atoms with Crippen molar-refractivity contribution in [2.45, 2.75) is 39.0 Å².